The number of β-amino-alcohol motifs (C(OH)–C–C–N with tert-alkyl or cyclic N) is 1. The molecule has 8 heteroatoms. The van der Waals surface area contributed by atoms with Crippen LogP contribution in [0.3, 0.4) is 0 Å². The first kappa shape index (κ1) is 23.9. The molecule has 0 spiro atoms. The molecule has 2 aromatic carbocycles. The number of carbonyl (C=O) groups excluding carboxylic acids is 2. The highest BCUT2D eigenvalue weighted by atomic mass is 16.5. The average Bonchev–Trinajstić information content (AvgIpc) is 3.39. The molecule has 1 aliphatic heterocycles. The predicted molar refractivity (Wildman–Crippen MR) is 125 cm³/mol. The van der Waals surface area contributed by atoms with Gasteiger partial charge in [-0.15, -0.1) is 0 Å². The summed E-state index contributed by atoms with van der Waals surface area (Å²) in [5.74, 6) is -0.494. The Bertz CT molecular complexity index is 1080. The summed E-state index contributed by atoms with van der Waals surface area (Å²) in [6.07, 6.45) is 1.43. The molecule has 2 aromatic rings. The second-order valence-corrected chi connectivity index (χ2v) is 9.15. The van der Waals surface area contributed by atoms with Crippen molar-refractivity contribution in [3.05, 3.63) is 64.7 Å². The fraction of sp³-hybridized carbons (Fsp3) is 0.423. The van der Waals surface area contributed by atoms with Crippen LogP contribution >= 0.6 is 0 Å². The molecule has 0 radical (unpaired) electrons. The molecule has 34 heavy (non-hydrogen) atoms. The predicted octanol–water partition coefficient (Wildman–Crippen LogP) is 1.63. The lowest BCUT2D eigenvalue weighted by molar-refractivity contribution is -0.139. The smallest absolute Gasteiger partial charge is 0.341 e. The van der Waals surface area contributed by atoms with Gasteiger partial charge in [0.2, 0.25) is 5.91 Å². The number of carboxylic acids is 1. The number of ketones is 1. The summed E-state index contributed by atoms with van der Waals surface area (Å²) in [5.41, 5.74) is 3.75. The number of amides is 1. The van der Waals surface area contributed by atoms with Crippen molar-refractivity contribution in [1.82, 2.24) is 9.80 Å². The van der Waals surface area contributed by atoms with E-state index in [0.717, 1.165) is 28.8 Å². The largest absolute Gasteiger partial charge is 0.482 e. The zero-order valence-corrected chi connectivity index (χ0v) is 19.3. The number of likely N-dealkylation sites (N-methyl/N-ethyl adjacent to an activating group) is 1. The van der Waals surface area contributed by atoms with Crippen LogP contribution in [0.15, 0.2) is 42.5 Å². The van der Waals surface area contributed by atoms with Crippen LogP contribution in [0.25, 0.3) is 0 Å². The number of aliphatic hydroxyl groups is 1. The Morgan fingerprint density at radius 3 is 2.71 bits per heavy atom. The van der Waals surface area contributed by atoms with Crippen molar-refractivity contribution in [2.45, 2.75) is 37.8 Å². The Hall–Kier alpha value is -3.23. The van der Waals surface area contributed by atoms with Gasteiger partial charge in [0.15, 0.2) is 6.61 Å². The molecule has 0 aromatic heterocycles. The molecule has 0 bridgehead atoms. The summed E-state index contributed by atoms with van der Waals surface area (Å²) in [6, 6.07) is 12.6. The van der Waals surface area contributed by atoms with E-state index in [1.54, 1.807) is 30.1 Å². The van der Waals surface area contributed by atoms with Crippen molar-refractivity contribution in [3.63, 3.8) is 0 Å². The van der Waals surface area contributed by atoms with E-state index in [0.29, 0.717) is 38.1 Å². The third kappa shape index (κ3) is 5.81. The molecular formula is C26H30N2O6. The first-order chi connectivity index (χ1) is 16.3. The van der Waals surface area contributed by atoms with Crippen molar-refractivity contribution >= 4 is 17.7 Å². The summed E-state index contributed by atoms with van der Waals surface area (Å²) < 4.78 is 5.35. The number of rotatable bonds is 9. The van der Waals surface area contributed by atoms with Gasteiger partial charge in [0, 0.05) is 39.5 Å². The van der Waals surface area contributed by atoms with E-state index in [9.17, 15) is 19.5 Å². The zero-order valence-electron chi connectivity index (χ0n) is 19.3. The van der Waals surface area contributed by atoms with Gasteiger partial charge >= 0.3 is 5.97 Å². The van der Waals surface area contributed by atoms with Crippen LogP contribution < -0.4 is 4.74 Å². The Kier molecular flexibility index (Phi) is 7.29. The van der Waals surface area contributed by atoms with Gasteiger partial charge in [-0.2, -0.15) is 0 Å². The SMILES string of the molecule is CN(C(=O)Cc1ccc2c(c1)CC(=O)C2)[C@H](CN1CC[C@H](O)C1)c1cccc(OCC(=O)O)c1. The molecule has 1 amide bonds. The van der Waals surface area contributed by atoms with Gasteiger partial charge in [-0.25, -0.2) is 4.79 Å². The first-order valence-electron chi connectivity index (χ1n) is 11.5. The normalized spacial score (nSPS) is 18.5. The molecule has 2 aliphatic rings. The number of fused-ring (bicyclic) bond motifs is 1. The Morgan fingerprint density at radius 1 is 1.18 bits per heavy atom. The van der Waals surface area contributed by atoms with Crippen LogP contribution in [0, 0.1) is 0 Å². The first-order valence-corrected chi connectivity index (χ1v) is 11.5. The fourth-order valence-electron chi connectivity index (χ4n) is 4.72. The zero-order chi connectivity index (χ0) is 24.2. The average molecular weight is 467 g/mol. The highest BCUT2D eigenvalue weighted by Crippen LogP contribution is 2.27. The van der Waals surface area contributed by atoms with E-state index < -0.39 is 12.6 Å². The lowest BCUT2D eigenvalue weighted by Gasteiger charge is -2.32. The third-order valence-corrected chi connectivity index (χ3v) is 6.55. The van der Waals surface area contributed by atoms with Crippen molar-refractivity contribution in [2.24, 2.45) is 0 Å². The number of hydrogen-bond donors (Lipinski definition) is 2. The van der Waals surface area contributed by atoms with E-state index in [4.69, 9.17) is 9.84 Å². The van der Waals surface area contributed by atoms with E-state index in [1.165, 1.54) is 0 Å². The van der Waals surface area contributed by atoms with Gasteiger partial charge in [0.1, 0.15) is 11.5 Å². The van der Waals surface area contributed by atoms with Gasteiger partial charge in [-0.1, -0.05) is 30.3 Å². The summed E-state index contributed by atoms with van der Waals surface area (Å²) in [4.78, 5) is 39.8. The number of nitrogens with zero attached hydrogens (tertiary/aromatic N) is 2. The Labute approximate surface area is 198 Å². The van der Waals surface area contributed by atoms with Gasteiger partial charge in [-0.3, -0.25) is 14.5 Å². The highest BCUT2D eigenvalue weighted by Gasteiger charge is 2.29. The fourth-order valence-corrected chi connectivity index (χ4v) is 4.72. The summed E-state index contributed by atoms with van der Waals surface area (Å²) in [5, 5.41) is 18.9. The lowest BCUT2D eigenvalue weighted by atomic mass is 10.0. The molecule has 1 heterocycles. The van der Waals surface area contributed by atoms with Crippen molar-refractivity contribution in [2.75, 3.05) is 33.3 Å². The summed E-state index contributed by atoms with van der Waals surface area (Å²) in [6.45, 7) is 1.39. The summed E-state index contributed by atoms with van der Waals surface area (Å²) >= 11 is 0. The molecule has 1 aliphatic carbocycles. The molecule has 1 fully saturated rings. The van der Waals surface area contributed by atoms with E-state index in [1.807, 2.05) is 24.3 Å². The van der Waals surface area contributed by atoms with Crippen LogP contribution in [0.5, 0.6) is 5.75 Å². The minimum atomic E-state index is -1.06. The topological polar surface area (TPSA) is 107 Å². The van der Waals surface area contributed by atoms with Crippen molar-refractivity contribution in [3.8, 4) is 5.75 Å². The number of benzene rings is 2. The number of Topliss-reactive ketones (excluding diaryl/α,β-unsaturated/α-hetero) is 1. The molecule has 8 nitrogen and oxygen atoms in total. The number of aliphatic carboxylic acids is 1. The molecule has 4 rings (SSSR count). The minimum absolute atomic E-state index is 0.0640. The molecule has 180 valence electrons. The monoisotopic (exact) mass is 466 g/mol. The van der Waals surface area contributed by atoms with Crippen LogP contribution in [0.4, 0.5) is 0 Å². The minimum Gasteiger partial charge on any atom is -0.482 e. The lowest BCUT2D eigenvalue weighted by Crippen LogP contribution is -2.39. The standard InChI is InChI=1S/C26H30N2O6/c1-27(25(31)10-17-5-6-18-11-22(30)12-20(18)9-17)24(15-28-8-7-21(29)14-28)19-3-2-4-23(13-19)34-16-26(32)33/h2-6,9,13,21,24,29H,7-8,10-12,14-16H2,1H3,(H,32,33)/t21-,24+/m0/s1. The molecule has 2 N–H and O–H groups in total. The van der Waals surface area contributed by atoms with Gasteiger partial charge in [0.25, 0.3) is 0 Å². The van der Waals surface area contributed by atoms with Crippen LogP contribution in [-0.2, 0) is 33.6 Å². The number of carboxylic acid groups (broad SMARTS) is 1. The van der Waals surface area contributed by atoms with Crippen LogP contribution in [0.2, 0.25) is 0 Å². The van der Waals surface area contributed by atoms with Crippen LogP contribution in [0.1, 0.15) is 34.7 Å². The number of ether oxygens (including phenoxy) is 1. The van der Waals surface area contributed by atoms with E-state index in [2.05, 4.69) is 4.90 Å². The second kappa shape index (κ2) is 10.4. The molecule has 2 atom stereocenters. The maximum Gasteiger partial charge on any atom is 0.341 e. The Morgan fingerprint density at radius 2 is 1.97 bits per heavy atom. The van der Waals surface area contributed by atoms with Gasteiger partial charge in [0.05, 0.1) is 18.6 Å². The van der Waals surface area contributed by atoms with Gasteiger partial charge in [-0.05, 0) is 40.8 Å². The van der Waals surface area contributed by atoms with Crippen molar-refractivity contribution in [1.29, 1.82) is 0 Å². The molecular weight excluding hydrogens is 436 g/mol. The molecule has 1 saturated heterocycles. The Balaban J connectivity index is 1.52. The van der Waals surface area contributed by atoms with E-state index in [-0.39, 0.29) is 30.3 Å². The van der Waals surface area contributed by atoms with Crippen molar-refractivity contribution < 1.29 is 29.3 Å². The van der Waals surface area contributed by atoms with E-state index >= 15 is 0 Å². The van der Waals surface area contributed by atoms with Gasteiger partial charge < -0.3 is 19.8 Å². The van der Waals surface area contributed by atoms with Crippen LogP contribution in [-0.4, -0.2) is 77.1 Å². The second-order valence-electron chi connectivity index (χ2n) is 9.15. The maximum absolute atomic E-state index is 13.3. The quantitative estimate of drug-likeness (QED) is 0.578. The third-order valence-electron chi connectivity index (χ3n) is 6.55. The number of likely N-dealkylation sites (tertiary alicyclic amines) is 1. The maximum atomic E-state index is 13.3. The number of hydrogen-bond acceptors (Lipinski definition) is 6. The molecule has 0 unspecified atom stereocenters. The number of aliphatic hydroxyl groups excluding tert-OH is 1. The summed E-state index contributed by atoms with van der Waals surface area (Å²) in [7, 11) is 1.77. The number of carbonyl (C=O) groups is 3. The highest BCUT2D eigenvalue weighted by molar-refractivity contribution is 5.88. The molecule has 0 saturated carbocycles.